The van der Waals surface area contributed by atoms with Gasteiger partial charge in [-0.2, -0.15) is 5.10 Å². The molecule has 0 saturated carbocycles. The first-order valence-electron chi connectivity index (χ1n) is 9.97. The summed E-state index contributed by atoms with van der Waals surface area (Å²) in [6.45, 7) is 4.05. The van der Waals surface area contributed by atoms with Crippen LogP contribution in [0.4, 0.5) is 10.1 Å². The van der Waals surface area contributed by atoms with Crippen molar-refractivity contribution in [3.63, 3.8) is 0 Å². The van der Waals surface area contributed by atoms with E-state index < -0.39 is 0 Å². The molecule has 0 aliphatic heterocycles. The summed E-state index contributed by atoms with van der Waals surface area (Å²) in [7, 11) is 0. The summed E-state index contributed by atoms with van der Waals surface area (Å²) in [6, 6.07) is 13.9. The summed E-state index contributed by atoms with van der Waals surface area (Å²) in [5, 5.41) is 16.6. The fourth-order valence-electron chi connectivity index (χ4n) is 3.40. The van der Waals surface area contributed by atoms with Crippen LogP contribution in [0.15, 0.2) is 66.1 Å². The van der Waals surface area contributed by atoms with E-state index in [1.54, 1.807) is 22.8 Å². The Kier molecular flexibility index (Phi) is 5.10. The van der Waals surface area contributed by atoms with Crippen LogP contribution in [0, 0.1) is 19.7 Å². The molecule has 1 N–H and O–H groups in total. The van der Waals surface area contributed by atoms with Gasteiger partial charge in [0.15, 0.2) is 10.8 Å². The van der Waals surface area contributed by atoms with Gasteiger partial charge in [0.1, 0.15) is 11.3 Å². The third-order valence-corrected chi connectivity index (χ3v) is 6.19. The zero-order valence-electron chi connectivity index (χ0n) is 17.4. The summed E-state index contributed by atoms with van der Waals surface area (Å²) in [5.74, 6) is -0.196. The number of amides is 1. The predicted molar refractivity (Wildman–Crippen MR) is 122 cm³/mol. The van der Waals surface area contributed by atoms with Crippen LogP contribution in [0.5, 0.6) is 0 Å². The lowest BCUT2D eigenvalue weighted by Crippen LogP contribution is -2.14. The van der Waals surface area contributed by atoms with Gasteiger partial charge in [-0.25, -0.2) is 8.91 Å². The van der Waals surface area contributed by atoms with Crippen LogP contribution in [0.3, 0.4) is 0 Å². The number of carbonyl (C=O) groups is 1. The molecule has 0 atom stereocenters. The van der Waals surface area contributed by atoms with Gasteiger partial charge in [-0.1, -0.05) is 17.8 Å². The first-order chi connectivity index (χ1) is 15.5. The Morgan fingerprint density at radius 3 is 2.62 bits per heavy atom. The molecular formula is C23H19FN6OS. The van der Waals surface area contributed by atoms with Gasteiger partial charge in [0.25, 0.3) is 0 Å². The fourth-order valence-corrected chi connectivity index (χ4v) is 4.11. The van der Waals surface area contributed by atoms with Crippen LogP contribution >= 0.6 is 11.8 Å². The monoisotopic (exact) mass is 446 g/mol. The van der Waals surface area contributed by atoms with Gasteiger partial charge in [-0.15, -0.1) is 10.2 Å². The van der Waals surface area contributed by atoms with Gasteiger partial charge in [0.2, 0.25) is 5.91 Å². The van der Waals surface area contributed by atoms with Gasteiger partial charge >= 0.3 is 0 Å². The Labute approximate surface area is 187 Å². The highest BCUT2D eigenvalue weighted by Crippen LogP contribution is 2.24. The normalized spacial score (nSPS) is 11.3. The number of hydrogen-bond donors (Lipinski definition) is 1. The highest BCUT2D eigenvalue weighted by atomic mass is 32.2. The van der Waals surface area contributed by atoms with Crippen molar-refractivity contribution in [3.05, 3.63) is 77.9 Å². The van der Waals surface area contributed by atoms with Crippen molar-refractivity contribution < 1.29 is 9.18 Å². The number of nitrogens with zero attached hydrogens (tertiary/aromatic N) is 5. The maximum absolute atomic E-state index is 13.2. The first-order valence-corrected chi connectivity index (χ1v) is 11.0. The van der Waals surface area contributed by atoms with Crippen molar-refractivity contribution in [3.8, 4) is 11.3 Å². The Hall–Kier alpha value is -3.72. The van der Waals surface area contributed by atoms with Gasteiger partial charge in [0, 0.05) is 23.6 Å². The fraction of sp³-hybridized carbons (Fsp3) is 0.130. The molecule has 0 spiro atoms. The van der Waals surface area contributed by atoms with E-state index in [-0.39, 0.29) is 17.5 Å². The maximum Gasteiger partial charge on any atom is 0.234 e. The first kappa shape index (κ1) is 20.2. The van der Waals surface area contributed by atoms with Crippen LogP contribution in [0.2, 0.25) is 0 Å². The van der Waals surface area contributed by atoms with E-state index in [4.69, 9.17) is 0 Å². The van der Waals surface area contributed by atoms with Crippen molar-refractivity contribution in [2.75, 3.05) is 11.1 Å². The minimum absolute atomic E-state index is 0.112. The average molecular weight is 447 g/mol. The molecule has 7 nitrogen and oxygen atoms in total. The van der Waals surface area contributed by atoms with Gasteiger partial charge in [0.05, 0.1) is 11.4 Å². The van der Waals surface area contributed by atoms with Crippen LogP contribution in [0.1, 0.15) is 11.1 Å². The number of fused-ring (bicyclic) bond motifs is 3. The average Bonchev–Trinajstić information content (AvgIpc) is 3.39. The molecule has 5 aromatic rings. The Balaban J connectivity index is 1.35. The van der Waals surface area contributed by atoms with Crippen LogP contribution in [-0.2, 0) is 4.79 Å². The number of hydrogen-bond acceptors (Lipinski definition) is 5. The minimum Gasteiger partial charge on any atom is -0.325 e. The molecule has 32 heavy (non-hydrogen) atoms. The minimum atomic E-state index is -0.291. The molecule has 9 heteroatoms. The largest absolute Gasteiger partial charge is 0.325 e. The second-order valence-electron chi connectivity index (χ2n) is 7.48. The zero-order valence-corrected chi connectivity index (χ0v) is 18.2. The molecule has 0 bridgehead atoms. The molecule has 0 unspecified atom stereocenters. The summed E-state index contributed by atoms with van der Waals surface area (Å²) in [6.07, 6.45) is 3.62. The summed E-state index contributed by atoms with van der Waals surface area (Å²) < 4.78 is 16.8. The zero-order chi connectivity index (χ0) is 22.2. The van der Waals surface area contributed by atoms with E-state index >= 15 is 0 Å². The molecule has 0 radical (unpaired) electrons. The molecule has 5 rings (SSSR count). The summed E-state index contributed by atoms with van der Waals surface area (Å²) in [5.41, 5.74) is 6.01. The van der Waals surface area contributed by atoms with Crippen molar-refractivity contribution >= 4 is 34.5 Å². The highest BCUT2D eigenvalue weighted by Gasteiger charge is 2.14. The lowest BCUT2D eigenvalue weighted by molar-refractivity contribution is -0.113. The van der Waals surface area contributed by atoms with E-state index in [1.807, 2.05) is 48.7 Å². The molecule has 0 fully saturated rings. The number of carbonyl (C=O) groups excluding carboxylic acids is 1. The third kappa shape index (κ3) is 3.82. The Morgan fingerprint density at radius 2 is 1.84 bits per heavy atom. The number of aryl methyl sites for hydroxylation is 2. The van der Waals surface area contributed by atoms with E-state index in [0.29, 0.717) is 16.5 Å². The standard InChI is InChI=1S/C23H19FN6OS/c1-14-3-8-18(11-15(14)2)25-21(31)13-32-23-27-26-22-20-12-19(16-4-6-17(24)7-5-16)28-30(20)10-9-29(22)23/h3-12H,13H2,1-2H3,(H,25,31). The van der Waals surface area contributed by atoms with Crippen molar-refractivity contribution in [1.82, 2.24) is 24.2 Å². The van der Waals surface area contributed by atoms with E-state index in [0.717, 1.165) is 22.3 Å². The van der Waals surface area contributed by atoms with Gasteiger partial charge < -0.3 is 5.32 Å². The number of aromatic nitrogens is 5. The molecule has 0 aliphatic rings. The lowest BCUT2D eigenvalue weighted by atomic mass is 10.1. The number of thioether (sulfide) groups is 1. The smallest absolute Gasteiger partial charge is 0.234 e. The second kappa shape index (κ2) is 8.08. The SMILES string of the molecule is Cc1ccc(NC(=O)CSc2nnc3c4cc(-c5ccc(F)cc5)nn4ccn23)cc1C. The summed E-state index contributed by atoms with van der Waals surface area (Å²) in [4.78, 5) is 12.4. The Bertz CT molecular complexity index is 1460. The molecule has 160 valence electrons. The van der Waals surface area contributed by atoms with Crippen LogP contribution in [-0.4, -0.2) is 35.9 Å². The third-order valence-electron chi connectivity index (χ3n) is 5.25. The molecule has 3 aromatic heterocycles. The quantitative estimate of drug-likeness (QED) is 0.402. The molecule has 1 amide bonds. The number of halogens is 1. The summed E-state index contributed by atoms with van der Waals surface area (Å²) >= 11 is 1.31. The highest BCUT2D eigenvalue weighted by molar-refractivity contribution is 7.99. The van der Waals surface area contributed by atoms with Crippen LogP contribution in [0.25, 0.3) is 22.4 Å². The molecule has 0 aliphatic carbocycles. The maximum atomic E-state index is 13.2. The van der Waals surface area contributed by atoms with Crippen molar-refractivity contribution in [2.45, 2.75) is 19.0 Å². The second-order valence-corrected chi connectivity index (χ2v) is 8.42. The van der Waals surface area contributed by atoms with E-state index in [2.05, 4.69) is 20.6 Å². The van der Waals surface area contributed by atoms with Crippen LogP contribution < -0.4 is 5.32 Å². The van der Waals surface area contributed by atoms with Crippen molar-refractivity contribution in [2.24, 2.45) is 0 Å². The van der Waals surface area contributed by atoms with Gasteiger partial charge in [-0.05, 0) is 67.4 Å². The van der Waals surface area contributed by atoms with Crippen molar-refractivity contribution in [1.29, 1.82) is 0 Å². The topological polar surface area (TPSA) is 76.6 Å². The lowest BCUT2D eigenvalue weighted by Gasteiger charge is -2.07. The van der Waals surface area contributed by atoms with E-state index in [9.17, 15) is 9.18 Å². The predicted octanol–water partition coefficient (Wildman–Crippen LogP) is 4.53. The number of nitrogens with one attached hydrogen (secondary N) is 1. The van der Waals surface area contributed by atoms with Gasteiger partial charge in [-0.3, -0.25) is 9.20 Å². The molecular weight excluding hydrogens is 427 g/mol. The number of rotatable bonds is 5. The number of benzene rings is 2. The number of anilines is 1. The molecule has 3 heterocycles. The molecule has 2 aromatic carbocycles. The Morgan fingerprint density at radius 1 is 1.03 bits per heavy atom. The molecule has 0 saturated heterocycles. The van der Waals surface area contributed by atoms with E-state index in [1.165, 1.54) is 29.5 Å².